The van der Waals surface area contributed by atoms with Crippen molar-refractivity contribution in [2.75, 3.05) is 0 Å². The molecule has 0 bridgehead atoms. The van der Waals surface area contributed by atoms with Gasteiger partial charge in [0.1, 0.15) is 5.56 Å². The van der Waals surface area contributed by atoms with Gasteiger partial charge in [0.2, 0.25) is 0 Å². The van der Waals surface area contributed by atoms with E-state index in [1.54, 1.807) is 42.6 Å². The fourth-order valence-electron chi connectivity index (χ4n) is 1.96. The van der Waals surface area contributed by atoms with E-state index >= 15 is 0 Å². The van der Waals surface area contributed by atoms with Crippen molar-refractivity contribution in [2.24, 2.45) is 5.73 Å². The van der Waals surface area contributed by atoms with Gasteiger partial charge in [0.05, 0.1) is 6.16 Å². The van der Waals surface area contributed by atoms with E-state index in [0.29, 0.717) is 17.7 Å². The first-order valence-electron chi connectivity index (χ1n) is 6.25. The molecule has 110 valence electrons. The lowest BCUT2D eigenvalue weighted by molar-refractivity contribution is -0.688. The lowest BCUT2D eigenvalue weighted by atomic mass is 10.1. The van der Waals surface area contributed by atoms with Gasteiger partial charge in [-0.1, -0.05) is 24.3 Å². The second-order valence-electron chi connectivity index (χ2n) is 4.77. The predicted molar refractivity (Wildman–Crippen MR) is 76.4 cm³/mol. The number of carbonyl (C=O) groups excluding carboxylic acids is 1. The largest absolute Gasteiger partial charge is 0.365 e. The Morgan fingerprint density at radius 1 is 1.14 bits per heavy atom. The maximum atomic E-state index is 11.1. The number of primary amides is 1. The van der Waals surface area contributed by atoms with Crippen LogP contribution in [0.25, 0.3) is 0 Å². The van der Waals surface area contributed by atoms with Gasteiger partial charge in [0.25, 0.3) is 5.91 Å². The molecule has 0 fully saturated rings. The van der Waals surface area contributed by atoms with E-state index in [-0.39, 0.29) is 6.16 Å². The van der Waals surface area contributed by atoms with Crippen molar-refractivity contribution >= 4 is 13.5 Å². The van der Waals surface area contributed by atoms with E-state index in [1.165, 1.54) is 0 Å². The van der Waals surface area contributed by atoms with Gasteiger partial charge in [-0.05, 0) is 11.6 Å². The number of aromatic nitrogens is 1. The van der Waals surface area contributed by atoms with Crippen LogP contribution in [0.15, 0.2) is 48.8 Å². The molecule has 7 heteroatoms. The average molecular weight is 307 g/mol. The molecule has 0 radical (unpaired) electrons. The molecule has 0 atom stereocenters. The maximum Gasteiger partial charge on any atom is 0.329 e. The zero-order chi connectivity index (χ0) is 15.5. The van der Waals surface area contributed by atoms with Gasteiger partial charge in [-0.25, -0.2) is 0 Å². The van der Waals surface area contributed by atoms with E-state index < -0.39 is 13.5 Å². The first-order chi connectivity index (χ1) is 9.83. The zero-order valence-corrected chi connectivity index (χ0v) is 12.1. The van der Waals surface area contributed by atoms with Crippen LogP contribution >= 0.6 is 7.60 Å². The van der Waals surface area contributed by atoms with Crippen LogP contribution in [-0.2, 0) is 17.3 Å². The molecule has 1 amide bonds. The lowest BCUT2D eigenvalue weighted by Gasteiger charge is -2.04. The van der Waals surface area contributed by atoms with Gasteiger partial charge in [-0.15, -0.1) is 0 Å². The lowest BCUT2D eigenvalue weighted by Crippen LogP contribution is -2.35. The molecule has 1 heterocycles. The third-order valence-electron chi connectivity index (χ3n) is 2.92. The van der Waals surface area contributed by atoms with Gasteiger partial charge in [-0.3, -0.25) is 9.36 Å². The van der Waals surface area contributed by atoms with E-state index in [9.17, 15) is 9.36 Å². The molecule has 4 N–H and O–H groups in total. The first-order valence-corrected chi connectivity index (χ1v) is 8.04. The molecule has 2 rings (SSSR count). The molecule has 0 aliphatic heterocycles. The van der Waals surface area contributed by atoms with Crippen LogP contribution in [0.2, 0.25) is 0 Å². The molecule has 0 aliphatic rings. The van der Waals surface area contributed by atoms with Gasteiger partial charge in [0.15, 0.2) is 18.9 Å². The van der Waals surface area contributed by atoms with Gasteiger partial charge >= 0.3 is 7.60 Å². The van der Waals surface area contributed by atoms with Gasteiger partial charge in [0, 0.05) is 11.6 Å². The Hall–Kier alpha value is -2.01. The zero-order valence-electron chi connectivity index (χ0n) is 11.2. The number of rotatable bonds is 5. The minimum absolute atomic E-state index is 0.266. The smallest absolute Gasteiger partial charge is 0.329 e. The molecule has 1 aromatic carbocycles. The molecule has 0 saturated heterocycles. The number of benzene rings is 1. The van der Waals surface area contributed by atoms with Crippen LogP contribution in [0.3, 0.4) is 0 Å². The number of pyridine rings is 1. The van der Waals surface area contributed by atoms with Crippen molar-refractivity contribution in [2.45, 2.75) is 12.7 Å². The second-order valence-corrected chi connectivity index (χ2v) is 6.41. The van der Waals surface area contributed by atoms with Crippen molar-refractivity contribution < 1.29 is 23.7 Å². The topological polar surface area (TPSA) is 105 Å². The van der Waals surface area contributed by atoms with E-state index in [2.05, 4.69) is 0 Å². The molecule has 0 saturated carbocycles. The Kier molecular flexibility index (Phi) is 4.53. The Morgan fingerprint density at radius 2 is 1.76 bits per heavy atom. The summed E-state index contributed by atoms with van der Waals surface area (Å²) in [4.78, 5) is 29.0. The van der Waals surface area contributed by atoms with Crippen molar-refractivity contribution in [1.29, 1.82) is 0 Å². The predicted octanol–water partition coefficient (Wildman–Crippen LogP) is 0.799. The number of amides is 1. The second kappa shape index (κ2) is 6.18. The van der Waals surface area contributed by atoms with Crippen LogP contribution in [0.5, 0.6) is 0 Å². The first kappa shape index (κ1) is 15.4. The highest BCUT2D eigenvalue weighted by Gasteiger charge is 2.14. The summed E-state index contributed by atoms with van der Waals surface area (Å²) >= 11 is 0. The minimum Gasteiger partial charge on any atom is -0.365 e. The molecule has 1 aromatic heterocycles. The van der Waals surface area contributed by atoms with Crippen LogP contribution in [0, 0.1) is 0 Å². The highest BCUT2D eigenvalue weighted by atomic mass is 31.2. The van der Waals surface area contributed by atoms with Crippen molar-refractivity contribution in [3.05, 3.63) is 65.5 Å². The Balaban J connectivity index is 2.12. The molecule has 21 heavy (non-hydrogen) atoms. The van der Waals surface area contributed by atoms with Crippen molar-refractivity contribution in [3.8, 4) is 0 Å². The third kappa shape index (κ3) is 4.79. The number of nitrogens with two attached hydrogens (primary N) is 1. The van der Waals surface area contributed by atoms with Crippen LogP contribution in [0.1, 0.15) is 21.5 Å². The number of hydrogen-bond donors (Lipinski definition) is 3. The normalized spacial score (nSPS) is 11.3. The number of nitrogens with zero attached hydrogens (tertiary/aromatic N) is 1. The number of hydrogen-bond acceptors (Lipinski definition) is 2. The maximum absolute atomic E-state index is 11.1. The average Bonchev–Trinajstić information content (AvgIpc) is 2.40. The van der Waals surface area contributed by atoms with Crippen LogP contribution in [0.4, 0.5) is 0 Å². The van der Waals surface area contributed by atoms with E-state index in [1.807, 2.05) is 10.8 Å². The summed E-state index contributed by atoms with van der Waals surface area (Å²) in [6, 6.07) is 10.4. The fraction of sp³-hybridized carbons (Fsp3) is 0.143. The van der Waals surface area contributed by atoms with Crippen molar-refractivity contribution in [3.63, 3.8) is 0 Å². The molecule has 0 unspecified atom stereocenters. The molecule has 2 aromatic rings. The summed E-state index contributed by atoms with van der Waals surface area (Å²) < 4.78 is 12.7. The van der Waals surface area contributed by atoms with Crippen LogP contribution in [-0.4, -0.2) is 15.7 Å². The summed E-state index contributed by atoms with van der Waals surface area (Å²) in [7, 11) is -4.04. The number of carbonyl (C=O) groups is 1. The quantitative estimate of drug-likeness (QED) is 0.561. The fourth-order valence-corrected chi connectivity index (χ4v) is 2.65. The standard InChI is InChI=1S/C14H15N2O4P/c15-14(17)13-2-1-7-16(9-13)8-11-3-5-12(6-4-11)10-21(18,19)20/h1-7,9H,8,10H2,(H3-,15,17,18,19,20)/p+1. The third-order valence-corrected chi connectivity index (χ3v) is 3.70. The summed E-state index contributed by atoms with van der Waals surface area (Å²) in [6.45, 7) is 0.539. The van der Waals surface area contributed by atoms with Gasteiger partial charge < -0.3 is 15.5 Å². The van der Waals surface area contributed by atoms with E-state index in [0.717, 1.165) is 5.56 Å². The Morgan fingerprint density at radius 3 is 2.33 bits per heavy atom. The Bertz CT molecular complexity index is 694. The highest BCUT2D eigenvalue weighted by molar-refractivity contribution is 7.50. The van der Waals surface area contributed by atoms with Crippen molar-refractivity contribution in [1.82, 2.24) is 0 Å². The Labute approximate surface area is 122 Å². The summed E-state index contributed by atoms with van der Waals surface area (Å²) in [5.41, 5.74) is 7.20. The summed E-state index contributed by atoms with van der Waals surface area (Å²) in [6.07, 6.45) is 3.21. The monoisotopic (exact) mass is 307 g/mol. The molecule has 6 nitrogen and oxygen atoms in total. The van der Waals surface area contributed by atoms with Gasteiger partial charge in [-0.2, -0.15) is 4.57 Å². The minimum atomic E-state index is -4.04. The molecular formula is C14H16N2O4P+. The van der Waals surface area contributed by atoms with E-state index in [4.69, 9.17) is 15.5 Å². The highest BCUT2D eigenvalue weighted by Crippen LogP contribution is 2.38. The SMILES string of the molecule is NC(=O)c1ccc[n+](Cc2ccc(CP(=O)(O)O)cc2)c1. The molecule has 0 spiro atoms. The summed E-state index contributed by atoms with van der Waals surface area (Å²) in [5.74, 6) is -0.485. The molecule has 0 aliphatic carbocycles. The van der Waals surface area contributed by atoms with Crippen LogP contribution < -0.4 is 10.3 Å². The molecular weight excluding hydrogens is 291 g/mol. The summed E-state index contributed by atoms with van der Waals surface area (Å²) in [5, 5.41) is 0.